The van der Waals surface area contributed by atoms with Crippen LogP contribution in [0, 0.1) is 34.5 Å². The van der Waals surface area contributed by atoms with E-state index in [2.05, 4.69) is 24.3 Å². The lowest BCUT2D eigenvalue weighted by Gasteiger charge is -2.60. The Bertz CT molecular complexity index is 663. The molecule has 7 atom stereocenters. The maximum absolute atomic E-state index is 15.5. The van der Waals surface area contributed by atoms with Gasteiger partial charge in [-0.05, 0) is 68.1 Å². The number of rotatable bonds is 2. The molecular weight excluding hydrogens is 343 g/mol. The number of alkyl halides is 1. The number of fused-ring (bicyclic) bond motifs is 5. The van der Waals surface area contributed by atoms with Crippen molar-refractivity contribution < 1.29 is 14.0 Å². The second kappa shape index (κ2) is 6.27. The molecule has 4 saturated carbocycles. The fraction of sp³-hybridized carbons (Fsp3) is 0.909. The highest BCUT2D eigenvalue weighted by molar-refractivity contribution is 5.89. The van der Waals surface area contributed by atoms with Crippen LogP contribution < -0.4 is 5.32 Å². The molecule has 0 radical (unpaired) electrons. The predicted octanol–water partition coefficient (Wildman–Crippen LogP) is 3.89. The molecule has 1 N–H and O–H groups in total. The van der Waals surface area contributed by atoms with E-state index in [-0.39, 0.29) is 22.9 Å². The molecule has 0 spiro atoms. The minimum Gasteiger partial charge on any atom is -0.390 e. The molecule has 0 aromatic rings. The zero-order chi connectivity index (χ0) is 18.8. The third-order valence-corrected chi connectivity index (χ3v) is 9.31. The average molecular weight is 377 g/mol. The highest BCUT2D eigenvalue weighted by Crippen LogP contribution is 2.65. The van der Waals surface area contributed by atoms with Gasteiger partial charge in [0.25, 0.3) is 0 Å². The van der Waals surface area contributed by atoms with Gasteiger partial charge in [-0.2, -0.15) is 0 Å². The Balaban J connectivity index is 1.36. The van der Waals surface area contributed by atoms with E-state index in [0.29, 0.717) is 29.2 Å². The Morgan fingerprint density at radius 3 is 2.59 bits per heavy atom. The molecule has 1 unspecified atom stereocenters. The Morgan fingerprint density at radius 1 is 1.04 bits per heavy atom. The Kier molecular flexibility index (Phi) is 4.20. The molecule has 0 bridgehead atoms. The summed E-state index contributed by atoms with van der Waals surface area (Å²) in [6, 6.07) is 0. The summed E-state index contributed by atoms with van der Waals surface area (Å²) >= 11 is 0. The molecule has 0 aromatic carbocycles. The summed E-state index contributed by atoms with van der Waals surface area (Å²) in [5, 5.41) is 7.40. The van der Waals surface area contributed by atoms with Gasteiger partial charge in [-0.1, -0.05) is 19.0 Å². The summed E-state index contributed by atoms with van der Waals surface area (Å²) in [5.41, 5.74) is 0.595. The molecule has 4 aliphatic carbocycles. The number of nitrogens with one attached hydrogen (secondary N) is 1. The van der Waals surface area contributed by atoms with E-state index in [4.69, 9.17) is 4.84 Å². The van der Waals surface area contributed by atoms with Gasteiger partial charge in [0.1, 0.15) is 12.0 Å². The molecule has 4 nitrogen and oxygen atoms in total. The van der Waals surface area contributed by atoms with E-state index in [0.717, 1.165) is 64.5 Å². The lowest BCUT2D eigenvalue weighted by molar-refractivity contribution is -0.139. The van der Waals surface area contributed by atoms with E-state index in [1.165, 1.54) is 0 Å². The third-order valence-electron chi connectivity index (χ3n) is 9.31. The molecule has 150 valence electrons. The molecule has 5 aliphatic rings. The van der Waals surface area contributed by atoms with Gasteiger partial charge in [0, 0.05) is 30.8 Å². The van der Waals surface area contributed by atoms with Crippen molar-refractivity contribution in [1.29, 1.82) is 0 Å². The molecule has 5 rings (SSSR count). The quantitative estimate of drug-likeness (QED) is 0.744. The van der Waals surface area contributed by atoms with E-state index >= 15 is 4.39 Å². The maximum Gasteiger partial charge on any atom is 0.152 e. The van der Waals surface area contributed by atoms with Gasteiger partial charge in [-0.25, -0.2) is 4.39 Å². The van der Waals surface area contributed by atoms with Gasteiger partial charge in [-0.3, -0.25) is 4.79 Å². The molecule has 0 amide bonds. The first-order valence-electron chi connectivity index (χ1n) is 11.0. The number of carbonyl (C=O) groups is 1. The summed E-state index contributed by atoms with van der Waals surface area (Å²) in [5.74, 6) is 2.26. The van der Waals surface area contributed by atoms with E-state index in [1.807, 2.05) is 0 Å². The number of halogens is 1. The van der Waals surface area contributed by atoms with Crippen molar-refractivity contribution in [3.05, 3.63) is 0 Å². The Hall–Kier alpha value is -0.970. The minimum absolute atomic E-state index is 0.0480. The monoisotopic (exact) mass is 376 g/mol. The first-order valence-corrected chi connectivity index (χ1v) is 11.0. The number of nitrogens with zero attached hydrogens (tertiary/aromatic N) is 1. The van der Waals surface area contributed by atoms with E-state index in [1.54, 1.807) is 0 Å². The van der Waals surface area contributed by atoms with Crippen LogP contribution in [-0.4, -0.2) is 36.9 Å². The van der Waals surface area contributed by atoms with Crippen LogP contribution in [0.2, 0.25) is 0 Å². The zero-order valence-corrected chi connectivity index (χ0v) is 16.7. The van der Waals surface area contributed by atoms with Crippen molar-refractivity contribution in [3.63, 3.8) is 0 Å². The van der Waals surface area contributed by atoms with Gasteiger partial charge in [0.15, 0.2) is 6.10 Å². The van der Waals surface area contributed by atoms with Crippen molar-refractivity contribution in [1.82, 2.24) is 5.32 Å². The third kappa shape index (κ3) is 2.56. The Morgan fingerprint density at radius 2 is 1.85 bits per heavy atom. The minimum atomic E-state index is -0.962. The molecular formula is C22H33FN2O2. The molecule has 1 saturated heterocycles. The lowest BCUT2D eigenvalue weighted by atomic mass is 9.45. The summed E-state index contributed by atoms with van der Waals surface area (Å²) in [6.07, 6.45) is 6.84. The number of Topliss-reactive ketones (excluding diaryl/α,β-unsaturated/α-hetero) is 1. The molecule has 5 heteroatoms. The van der Waals surface area contributed by atoms with E-state index in [9.17, 15) is 4.79 Å². The largest absolute Gasteiger partial charge is 0.390 e. The van der Waals surface area contributed by atoms with Crippen LogP contribution >= 0.6 is 0 Å². The Labute approximate surface area is 161 Å². The highest BCUT2D eigenvalue weighted by atomic mass is 19.1. The smallest absolute Gasteiger partial charge is 0.152 e. The predicted molar refractivity (Wildman–Crippen MR) is 102 cm³/mol. The van der Waals surface area contributed by atoms with Crippen LogP contribution in [-0.2, 0) is 9.63 Å². The topological polar surface area (TPSA) is 50.7 Å². The number of carbonyl (C=O) groups excluding carboxylic acids is 1. The lowest BCUT2D eigenvalue weighted by Crippen LogP contribution is -2.56. The first-order chi connectivity index (χ1) is 12.9. The van der Waals surface area contributed by atoms with Crippen LogP contribution in [0.5, 0.6) is 0 Å². The van der Waals surface area contributed by atoms with Gasteiger partial charge in [-0.15, -0.1) is 0 Å². The normalized spacial score (nSPS) is 51.3. The maximum atomic E-state index is 15.5. The average Bonchev–Trinajstić information content (AvgIpc) is 2.91. The summed E-state index contributed by atoms with van der Waals surface area (Å²) in [7, 11) is 0. The van der Waals surface area contributed by atoms with Gasteiger partial charge < -0.3 is 10.2 Å². The molecule has 5 fully saturated rings. The molecule has 27 heavy (non-hydrogen) atoms. The summed E-state index contributed by atoms with van der Waals surface area (Å²) in [4.78, 5) is 18.1. The van der Waals surface area contributed by atoms with Gasteiger partial charge >= 0.3 is 0 Å². The summed E-state index contributed by atoms with van der Waals surface area (Å²) in [6.45, 7) is 6.19. The van der Waals surface area contributed by atoms with Crippen LogP contribution in [0.1, 0.15) is 65.2 Å². The van der Waals surface area contributed by atoms with Crippen molar-refractivity contribution in [2.45, 2.75) is 77.5 Å². The number of hydrogen-bond acceptors (Lipinski definition) is 4. The van der Waals surface area contributed by atoms with Crippen LogP contribution in [0.3, 0.4) is 0 Å². The molecule has 1 aliphatic heterocycles. The standard InChI is InChI=1S/C22H33FN2O2/c1-21-10-8-18(25-27-13-11-24-12-13)20(23)17(21)4-3-14-15-5-6-19(26)22(15,2)9-7-16(14)21/h13-17,20,24H,3-12H2,1-2H3/b25-18+/t14-,15-,16-,17?,20-,21+,22-/m0/s1. The second-order valence-electron chi connectivity index (χ2n) is 10.4. The summed E-state index contributed by atoms with van der Waals surface area (Å²) < 4.78 is 15.5. The van der Waals surface area contributed by atoms with Crippen molar-refractivity contribution in [2.75, 3.05) is 13.1 Å². The fourth-order valence-corrected chi connectivity index (χ4v) is 7.45. The fourth-order valence-electron chi connectivity index (χ4n) is 7.45. The SMILES string of the molecule is C[C@]12CC/C(=N\OC3CNC3)[C@@H](F)C1CC[C@@H]1[C@@H]2CC[C@]2(C)C(=O)CC[C@@H]12. The highest BCUT2D eigenvalue weighted by Gasteiger charge is 2.61. The van der Waals surface area contributed by atoms with Crippen LogP contribution in [0.25, 0.3) is 0 Å². The van der Waals surface area contributed by atoms with Crippen molar-refractivity contribution >= 4 is 11.5 Å². The number of oxime groups is 1. The van der Waals surface area contributed by atoms with E-state index < -0.39 is 6.17 Å². The van der Waals surface area contributed by atoms with Crippen LogP contribution in [0.4, 0.5) is 4.39 Å². The first kappa shape index (κ1) is 18.1. The van der Waals surface area contributed by atoms with Crippen molar-refractivity contribution in [2.24, 2.45) is 39.7 Å². The van der Waals surface area contributed by atoms with Gasteiger partial charge in [0.05, 0.1) is 5.71 Å². The van der Waals surface area contributed by atoms with Gasteiger partial charge in [0.2, 0.25) is 0 Å². The number of hydrogen-bond donors (Lipinski definition) is 1. The number of ketones is 1. The zero-order valence-electron chi connectivity index (χ0n) is 16.7. The second-order valence-corrected chi connectivity index (χ2v) is 10.4. The molecule has 1 heterocycles. The molecule has 0 aromatic heterocycles. The van der Waals surface area contributed by atoms with Crippen molar-refractivity contribution in [3.8, 4) is 0 Å². The van der Waals surface area contributed by atoms with Crippen LogP contribution in [0.15, 0.2) is 5.16 Å².